The van der Waals surface area contributed by atoms with Crippen LogP contribution in [0.3, 0.4) is 0 Å². The third-order valence-electron chi connectivity index (χ3n) is 4.93. The average Bonchev–Trinajstić information content (AvgIpc) is 2.93. The van der Waals surface area contributed by atoms with Gasteiger partial charge in [-0.15, -0.1) is 0 Å². The number of rotatable bonds is 4. The maximum atomic E-state index is 12.6. The van der Waals surface area contributed by atoms with Crippen molar-refractivity contribution in [2.24, 2.45) is 5.92 Å². The molecule has 2 fully saturated rings. The molecule has 0 bridgehead atoms. The Balaban J connectivity index is 1.89. The Kier molecular flexibility index (Phi) is 4.85. The number of hydrogen-bond donors (Lipinski definition) is 2. The Labute approximate surface area is 117 Å². The second-order valence-corrected chi connectivity index (χ2v) is 6.60. The normalized spacial score (nSPS) is 24.4. The van der Waals surface area contributed by atoms with Crippen molar-refractivity contribution in [2.75, 3.05) is 26.2 Å². The van der Waals surface area contributed by atoms with E-state index in [1.165, 1.54) is 25.7 Å². The van der Waals surface area contributed by atoms with Crippen LogP contribution in [0.1, 0.15) is 46.5 Å². The number of nitrogens with zero attached hydrogens (tertiary/aromatic N) is 1. The van der Waals surface area contributed by atoms with E-state index in [-0.39, 0.29) is 5.91 Å². The van der Waals surface area contributed by atoms with Crippen LogP contribution in [0, 0.1) is 5.92 Å². The van der Waals surface area contributed by atoms with Crippen LogP contribution in [-0.4, -0.2) is 48.6 Å². The van der Waals surface area contributed by atoms with Gasteiger partial charge in [0.15, 0.2) is 0 Å². The number of hydrogen-bond acceptors (Lipinski definition) is 3. The summed E-state index contributed by atoms with van der Waals surface area (Å²) in [5.41, 5.74) is -0.394. The molecule has 1 aliphatic carbocycles. The molecule has 1 atom stereocenters. The molecule has 0 spiro atoms. The summed E-state index contributed by atoms with van der Waals surface area (Å²) in [4.78, 5) is 14.8. The first kappa shape index (κ1) is 14.8. The smallest absolute Gasteiger partial charge is 0.240 e. The third kappa shape index (κ3) is 3.48. The van der Waals surface area contributed by atoms with Gasteiger partial charge in [0.2, 0.25) is 5.91 Å². The average molecular weight is 267 g/mol. The molecule has 0 unspecified atom stereocenters. The van der Waals surface area contributed by atoms with Crippen LogP contribution >= 0.6 is 0 Å². The van der Waals surface area contributed by atoms with E-state index in [9.17, 15) is 4.79 Å². The van der Waals surface area contributed by atoms with E-state index in [1.807, 2.05) is 0 Å². The van der Waals surface area contributed by atoms with E-state index in [0.717, 1.165) is 26.2 Å². The first-order valence-electron chi connectivity index (χ1n) is 7.78. The second-order valence-electron chi connectivity index (χ2n) is 6.60. The van der Waals surface area contributed by atoms with Crippen molar-refractivity contribution in [1.29, 1.82) is 0 Å². The fourth-order valence-corrected chi connectivity index (χ4v) is 3.33. The SMILES string of the molecule is C[C@@H](NC(=O)C(C)(C)N1CCNCC1)C1CCCC1. The van der Waals surface area contributed by atoms with Crippen LogP contribution in [0.25, 0.3) is 0 Å². The third-order valence-corrected chi connectivity index (χ3v) is 4.93. The number of amides is 1. The van der Waals surface area contributed by atoms with Gasteiger partial charge < -0.3 is 10.6 Å². The molecular weight excluding hydrogens is 238 g/mol. The van der Waals surface area contributed by atoms with Crippen molar-refractivity contribution in [2.45, 2.75) is 58.0 Å². The largest absolute Gasteiger partial charge is 0.352 e. The van der Waals surface area contributed by atoms with Crippen LogP contribution in [0.5, 0.6) is 0 Å². The first-order chi connectivity index (χ1) is 9.01. The van der Waals surface area contributed by atoms with Crippen molar-refractivity contribution in [3.63, 3.8) is 0 Å². The molecule has 0 aromatic heterocycles. The molecule has 1 saturated carbocycles. The lowest BCUT2D eigenvalue weighted by atomic mass is 9.96. The number of piperazine rings is 1. The molecular formula is C15H29N3O. The summed E-state index contributed by atoms with van der Waals surface area (Å²) in [7, 11) is 0. The summed E-state index contributed by atoms with van der Waals surface area (Å²) in [5, 5.41) is 6.60. The zero-order valence-electron chi connectivity index (χ0n) is 12.7. The molecule has 4 nitrogen and oxygen atoms in total. The topological polar surface area (TPSA) is 44.4 Å². The standard InChI is InChI=1S/C15H29N3O/c1-12(13-6-4-5-7-13)17-14(19)15(2,3)18-10-8-16-9-11-18/h12-13,16H,4-11H2,1-3H3,(H,17,19)/t12-/m1/s1. The maximum absolute atomic E-state index is 12.6. The molecule has 0 aromatic rings. The van der Waals surface area contributed by atoms with Gasteiger partial charge in [0.25, 0.3) is 0 Å². The van der Waals surface area contributed by atoms with E-state index in [1.54, 1.807) is 0 Å². The Morgan fingerprint density at radius 2 is 1.84 bits per heavy atom. The van der Waals surface area contributed by atoms with Gasteiger partial charge in [-0.3, -0.25) is 9.69 Å². The molecule has 4 heteroatoms. The van der Waals surface area contributed by atoms with Gasteiger partial charge in [0, 0.05) is 32.2 Å². The van der Waals surface area contributed by atoms with Crippen LogP contribution in [0.4, 0.5) is 0 Å². The van der Waals surface area contributed by atoms with Gasteiger partial charge in [-0.25, -0.2) is 0 Å². The van der Waals surface area contributed by atoms with Crippen LogP contribution < -0.4 is 10.6 Å². The highest BCUT2D eigenvalue weighted by Gasteiger charge is 2.36. The van der Waals surface area contributed by atoms with Crippen LogP contribution in [0.2, 0.25) is 0 Å². The molecule has 2 N–H and O–H groups in total. The van der Waals surface area contributed by atoms with Gasteiger partial charge >= 0.3 is 0 Å². The van der Waals surface area contributed by atoms with Gasteiger partial charge in [-0.05, 0) is 39.5 Å². The Morgan fingerprint density at radius 1 is 1.26 bits per heavy atom. The Morgan fingerprint density at radius 3 is 2.42 bits per heavy atom. The highest BCUT2D eigenvalue weighted by Crippen LogP contribution is 2.28. The van der Waals surface area contributed by atoms with Gasteiger partial charge in [-0.2, -0.15) is 0 Å². The lowest BCUT2D eigenvalue weighted by Crippen LogP contribution is -2.61. The molecule has 1 amide bonds. The van der Waals surface area contributed by atoms with Crippen LogP contribution in [0.15, 0.2) is 0 Å². The molecule has 1 heterocycles. The van der Waals surface area contributed by atoms with Crippen molar-refractivity contribution in [1.82, 2.24) is 15.5 Å². The van der Waals surface area contributed by atoms with Gasteiger partial charge in [-0.1, -0.05) is 12.8 Å². The summed E-state index contributed by atoms with van der Waals surface area (Å²) in [6.07, 6.45) is 5.20. The fraction of sp³-hybridized carbons (Fsp3) is 0.933. The molecule has 1 aliphatic heterocycles. The van der Waals surface area contributed by atoms with Gasteiger partial charge in [0.05, 0.1) is 5.54 Å². The van der Waals surface area contributed by atoms with Crippen molar-refractivity contribution < 1.29 is 4.79 Å². The summed E-state index contributed by atoms with van der Waals surface area (Å²) < 4.78 is 0. The Bertz CT molecular complexity index is 305. The molecule has 2 rings (SSSR count). The fourth-order valence-electron chi connectivity index (χ4n) is 3.33. The highest BCUT2D eigenvalue weighted by molar-refractivity contribution is 5.85. The maximum Gasteiger partial charge on any atom is 0.240 e. The van der Waals surface area contributed by atoms with Crippen LogP contribution in [-0.2, 0) is 4.79 Å². The second kappa shape index (κ2) is 6.23. The zero-order valence-corrected chi connectivity index (χ0v) is 12.7. The molecule has 0 aromatic carbocycles. The monoisotopic (exact) mass is 267 g/mol. The van der Waals surface area contributed by atoms with Crippen molar-refractivity contribution >= 4 is 5.91 Å². The number of nitrogens with one attached hydrogen (secondary N) is 2. The minimum atomic E-state index is -0.394. The predicted molar refractivity (Wildman–Crippen MR) is 78.1 cm³/mol. The summed E-state index contributed by atoms with van der Waals surface area (Å²) in [5.74, 6) is 0.872. The van der Waals surface area contributed by atoms with E-state index in [4.69, 9.17) is 0 Å². The minimum Gasteiger partial charge on any atom is -0.352 e. The van der Waals surface area contributed by atoms with Crippen molar-refractivity contribution in [3.8, 4) is 0 Å². The Hall–Kier alpha value is -0.610. The molecule has 0 radical (unpaired) electrons. The highest BCUT2D eigenvalue weighted by atomic mass is 16.2. The number of carbonyl (C=O) groups excluding carboxylic acids is 1. The molecule has 19 heavy (non-hydrogen) atoms. The lowest BCUT2D eigenvalue weighted by molar-refractivity contribution is -0.133. The number of carbonyl (C=O) groups is 1. The molecule has 110 valence electrons. The molecule has 1 saturated heterocycles. The first-order valence-corrected chi connectivity index (χ1v) is 7.78. The van der Waals surface area contributed by atoms with E-state index in [0.29, 0.717) is 12.0 Å². The molecule has 2 aliphatic rings. The predicted octanol–water partition coefficient (Wildman–Crippen LogP) is 1.37. The zero-order chi connectivity index (χ0) is 13.9. The lowest BCUT2D eigenvalue weighted by Gasteiger charge is -2.40. The quantitative estimate of drug-likeness (QED) is 0.808. The summed E-state index contributed by atoms with van der Waals surface area (Å²) >= 11 is 0. The van der Waals surface area contributed by atoms with E-state index in [2.05, 4.69) is 36.3 Å². The van der Waals surface area contributed by atoms with Gasteiger partial charge in [0.1, 0.15) is 0 Å². The van der Waals surface area contributed by atoms with E-state index < -0.39 is 5.54 Å². The van der Waals surface area contributed by atoms with E-state index >= 15 is 0 Å². The summed E-state index contributed by atoms with van der Waals surface area (Å²) in [6.45, 7) is 10.1. The van der Waals surface area contributed by atoms with Crippen molar-refractivity contribution in [3.05, 3.63) is 0 Å². The summed E-state index contributed by atoms with van der Waals surface area (Å²) in [6, 6.07) is 0.317. The minimum absolute atomic E-state index is 0.189.